The minimum absolute atomic E-state index is 0.254. The summed E-state index contributed by atoms with van der Waals surface area (Å²) in [5, 5.41) is 0.685. The molecule has 1 aliphatic heterocycles. The van der Waals surface area contributed by atoms with Crippen LogP contribution in [0, 0.1) is 12.7 Å². The Kier molecular flexibility index (Phi) is 4.12. The normalized spacial score (nSPS) is 15.8. The molecule has 0 bridgehead atoms. The second-order valence-electron chi connectivity index (χ2n) is 7.01. The lowest BCUT2D eigenvalue weighted by Gasteiger charge is -2.12. The van der Waals surface area contributed by atoms with E-state index in [1.54, 1.807) is 30.3 Å². The van der Waals surface area contributed by atoms with Crippen molar-refractivity contribution in [1.82, 2.24) is 8.87 Å². The summed E-state index contributed by atoms with van der Waals surface area (Å²) in [6.45, 7) is 3.42. The molecule has 6 heteroatoms. The molecule has 136 valence electrons. The largest absolute Gasteiger partial charge is 0.302 e. The highest BCUT2D eigenvalue weighted by Gasteiger charge is 2.28. The minimum Gasteiger partial charge on any atom is -0.302 e. The van der Waals surface area contributed by atoms with Gasteiger partial charge in [-0.3, -0.25) is 0 Å². The summed E-state index contributed by atoms with van der Waals surface area (Å²) < 4.78 is 42.2. The molecule has 1 aliphatic rings. The fourth-order valence-corrected chi connectivity index (χ4v) is 5.34. The lowest BCUT2D eigenvalue weighted by Crippen LogP contribution is -2.17. The van der Waals surface area contributed by atoms with Gasteiger partial charge in [-0.05, 0) is 69.3 Å². The lowest BCUT2D eigenvalue weighted by atomic mass is 10.1. The molecule has 0 spiro atoms. The number of aryl methyl sites for hydroxylation is 1. The summed E-state index contributed by atoms with van der Waals surface area (Å²) in [5.41, 5.74) is 3.24. The summed E-state index contributed by atoms with van der Waals surface area (Å²) in [4.78, 5) is 2.41. The molecule has 0 radical (unpaired) electrons. The highest BCUT2D eigenvalue weighted by molar-refractivity contribution is 7.90. The SMILES string of the molecule is Cc1ccc(S(=O)(=O)n2c3c(c4cc(F)ccc42)CN(C)CCC3)cc1. The fraction of sp³-hybridized carbons (Fsp3) is 0.300. The van der Waals surface area contributed by atoms with Gasteiger partial charge < -0.3 is 4.90 Å². The number of rotatable bonds is 2. The number of nitrogens with zero attached hydrogens (tertiary/aromatic N) is 2. The van der Waals surface area contributed by atoms with E-state index in [2.05, 4.69) is 4.90 Å². The highest BCUT2D eigenvalue weighted by Crippen LogP contribution is 2.34. The summed E-state index contributed by atoms with van der Waals surface area (Å²) >= 11 is 0. The molecule has 0 saturated carbocycles. The van der Waals surface area contributed by atoms with Crippen LogP contribution in [0.4, 0.5) is 4.39 Å². The molecule has 0 saturated heterocycles. The van der Waals surface area contributed by atoms with Crippen molar-refractivity contribution in [1.29, 1.82) is 0 Å². The van der Waals surface area contributed by atoms with Crippen molar-refractivity contribution < 1.29 is 12.8 Å². The van der Waals surface area contributed by atoms with Crippen molar-refractivity contribution in [2.75, 3.05) is 13.6 Å². The minimum atomic E-state index is -3.75. The quantitative estimate of drug-likeness (QED) is 0.689. The second kappa shape index (κ2) is 6.21. The van der Waals surface area contributed by atoms with Crippen LogP contribution in [0.3, 0.4) is 0 Å². The van der Waals surface area contributed by atoms with Crippen LogP contribution in [-0.4, -0.2) is 30.9 Å². The van der Waals surface area contributed by atoms with Crippen molar-refractivity contribution >= 4 is 20.9 Å². The van der Waals surface area contributed by atoms with E-state index < -0.39 is 10.0 Å². The molecular formula is C20H21FN2O2S. The molecule has 4 nitrogen and oxygen atoms in total. The monoisotopic (exact) mass is 372 g/mol. The molecular weight excluding hydrogens is 351 g/mol. The smallest absolute Gasteiger partial charge is 0.268 e. The van der Waals surface area contributed by atoms with E-state index >= 15 is 0 Å². The predicted octanol–water partition coefficient (Wildman–Crippen LogP) is 3.70. The van der Waals surface area contributed by atoms with Crippen LogP contribution in [0.25, 0.3) is 10.9 Å². The third-order valence-electron chi connectivity index (χ3n) is 5.04. The Labute approximate surface area is 152 Å². The van der Waals surface area contributed by atoms with Crippen molar-refractivity contribution in [2.45, 2.75) is 31.2 Å². The molecule has 2 heterocycles. The zero-order valence-corrected chi connectivity index (χ0v) is 15.7. The van der Waals surface area contributed by atoms with Gasteiger partial charge in [0.25, 0.3) is 10.0 Å². The Morgan fingerprint density at radius 2 is 1.81 bits per heavy atom. The van der Waals surface area contributed by atoms with Gasteiger partial charge in [-0.1, -0.05) is 17.7 Å². The Morgan fingerprint density at radius 1 is 1.08 bits per heavy atom. The molecule has 0 amide bonds. The van der Waals surface area contributed by atoms with Crippen LogP contribution in [0.15, 0.2) is 47.4 Å². The maximum Gasteiger partial charge on any atom is 0.268 e. The Bertz CT molecular complexity index is 1090. The van der Waals surface area contributed by atoms with Crippen LogP contribution < -0.4 is 0 Å². The first-order chi connectivity index (χ1) is 12.4. The van der Waals surface area contributed by atoms with E-state index in [1.165, 1.54) is 16.1 Å². The Hall–Kier alpha value is -2.18. The van der Waals surface area contributed by atoms with E-state index in [-0.39, 0.29) is 10.7 Å². The number of benzene rings is 2. The number of fused-ring (bicyclic) bond motifs is 3. The maximum absolute atomic E-state index is 13.9. The molecule has 26 heavy (non-hydrogen) atoms. The van der Waals surface area contributed by atoms with Crippen molar-refractivity contribution in [2.24, 2.45) is 0 Å². The molecule has 2 aromatic carbocycles. The van der Waals surface area contributed by atoms with Crippen LogP contribution in [0.5, 0.6) is 0 Å². The molecule has 4 rings (SSSR count). The molecule has 0 unspecified atom stereocenters. The predicted molar refractivity (Wildman–Crippen MR) is 100 cm³/mol. The molecule has 0 atom stereocenters. The van der Waals surface area contributed by atoms with Gasteiger partial charge in [-0.25, -0.2) is 16.8 Å². The first-order valence-corrected chi connectivity index (χ1v) is 10.1. The van der Waals surface area contributed by atoms with Crippen LogP contribution in [0.1, 0.15) is 23.2 Å². The van der Waals surface area contributed by atoms with Gasteiger partial charge in [0, 0.05) is 17.6 Å². The standard InChI is InChI=1S/C20H21FN2O2S/c1-14-5-8-16(9-6-14)26(24,25)23-19-4-3-11-22(2)13-18(19)17-12-15(21)7-10-20(17)23/h5-10,12H,3-4,11,13H2,1-2H3. The summed E-state index contributed by atoms with van der Waals surface area (Å²) in [6, 6.07) is 11.2. The van der Waals surface area contributed by atoms with Gasteiger partial charge in [0.2, 0.25) is 0 Å². The molecule has 3 aromatic rings. The van der Waals surface area contributed by atoms with Gasteiger partial charge in [-0.15, -0.1) is 0 Å². The maximum atomic E-state index is 13.9. The van der Waals surface area contributed by atoms with Gasteiger partial charge in [0.05, 0.1) is 10.4 Å². The van der Waals surface area contributed by atoms with E-state index in [4.69, 9.17) is 0 Å². The number of aromatic nitrogens is 1. The van der Waals surface area contributed by atoms with E-state index in [9.17, 15) is 12.8 Å². The average molecular weight is 372 g/mol. The average Bonchev–Trinajstić information content (AvgIpc) is 2.76. The third-order valence-corrected chi connectivity index (χ3v) is 6.80. The molecule has 0 N–H and O–H groups in total. The van der Waals surface area contributed by atoms with Gasteiger partial charge in [0.1, 0.15) is 5.82 Å². The van der Waals surface area contributed by atoms with Crippen LogP contribution >= 0.6 is 0 Å². The van der Waals surface area contributed by atoms with Crippen molar-refractivity contribution in [3.63, 3.8) is 0 Å². The molecule has 1 aromatic heterocycles. The first kappa shape index (κ1) is 17.2. The number of halogens is 1. The second-order valence-corrected chi connectivity index (χ2v) is 8.80. The van der Waals surface area contributed by atoms with Crippen LogP contribution in [0.2, 0.25) is 0 Å². The van der Waals surface area contributed by atoms with Crippen molar-refractivity contribution in [3.8, 4) is 0 Å². The molecule has 0 aliphatic carbocycles. The first-order valence-electron chi connectivity index (χ1n) is 8.70. The van der Waals surface area contributed by atoms with Gasteiger partial charge in [0.15, 0.2) is 0 Å². The highest BCUT2D eigenvalue weighted by atomic mass is 32.2. The fourth-order valence-electron chi connectivity index (χ4n) is 3.73. The topological polar surface area (TPSA) is 42.3 Å². The summed E-state index contributed by atoms with van der Waals surface area (Å²) in [5.74, 6) is -0.350. The summed E-state index contributed by atoms with van der Waals surface area (Å²) in [6.07, 6.45) is 1.52. The third kappa shape index (κ3) is 2.73. The van der Waals surface area contributed by atoms with Gasteiger partial charge in [-0.2, -0.15) is 0 Å². The van der Waals surface area contributed by atoms with E-state index in [0.717, 1.165) is 29.8 Å². The number of hydrogen-bond acceptors (Lipinski definition) is 3. The number of hydrogen-bond donors (Lipinski definition) is 0. The zero-order valence-electron chi connectivity index (χ0n) is 14.9. The van der Waals surface area contributed by atoms with Gasteiger partial charge >= 0.3 is 0 Å². The van der Waals surface area contributed by atoms with E-state index in [0.29, 0.717) is 23.9 Å². The summed E-state index contributed by atoms with van der Waals surface area (Å²) in [7, 11) is -1.75. The molecule has 0 fully saturated rings. The van der Waals surface area contributed by atoms with Crippen LogP contribution in [-0.2, 0) is 23.0 Å². The Balaban J connectivity index is 2.03. The lowest BCUT2D eigenvalue weighted by molar-refractivity contribution is 0.333. The zero-order chi connectivity index (χ0) is 18.5. The van der Waals surface area contributed by atoms with Crippen molar-refractivity contribution in [3.05, 3.63) is 65.1 Å². The Morgan fingerprint density at radius 3 is 2.54 bits per heavy atom. The van der Waals surface area contributed by atoms with E-state index in [1.807, 2.05) is 14.0 Å².